The normalized spacial score (nSPS) is 25.4. The molecule has 2 aromatic heterocycles. The van der Waals surface area contributed by atoms with Crippen molar-refractivity contribution in [1.82, 2.24) is 14.1 Å². The summed E-state index contributed by atoms with van der Waals surface area (Å²) in [5.74, 6) is 0.731. The van der Waals surface area contributed by atoms with Crippen LogP contribution in [0.3, 0.4) is 0 Å². The van der Waals surface area contributed by atoms with Crippen LogP contribution in [0.25, 0.3) is 5.57 Å². The second-order valence-electron chi connectivity index (χ2n) is 15.3. The van der Waals surface area contributed by atoms with Gasteiger partial charge in [-0.25, -0.2) is 8.89 Å². The minimum atomic E-state index is -2.65. The molecule has 7 heterocycles. The maximum atomic E-state index is 16.1. The van der Waals surface area contributed by atoms with E-state index in [0.717, 1.165) is 56.2 Å². The molecule has 5 aliphatic rings. The Morgan fingerprint density at radius 1 is 1.24 bits per heavy atom. The van der Waals surface area contributed by atoms with E-state index in [0.29, 0.717) is 25.3 Å². The van der Waals surface area contributed by atoms with Crippen LogP contribution < -0.4 is 20.5 Å². The molecule has 5 aliphatic heterocycles. The summed E-state index contributed by atoms with van der Waals surface area (Å²) in [6.07, 6.45) is 7.02. The van der Waals surface area contributed by atoms with Gasteiger partial charge in [0, 0.05) is 24.2 Å². The number of thiophene rings is 1. The summed E-state index contributed by atoms with van der Waals surface area (Å²) in [5.41, 5.74) is 3.85. The lowest BCUT2D eigenvalue weighted by atomic mass is 9.89. The van der Waals surface area contributed by atoms with Crippen molar-refractivity contribution >= 4 is 43.9 Å². The average Bonchev–Trinajstić information content (AvgIpc) is 3.54. The minimum absolute atomic E-state index is 0.135. The van der Waals surface area contributed by atoms with Gasteiger partial charge in [-0.3, -0.25) is 4.79 Å². The molecule has 1 saturated heterocycles. The molecule has 1 fully saturated rings. The second kappa shape index (κ2) is 10.5. The monoisotopic (exact) mass is 675 g/mol. The summed E-state index contributed by atoms with van der Waals surface area (Å²) in [6, 6.07) is 10.2. The van der Waals surface area contributed by atoms with Gasteiger partial charge in [0.2, 0.25) is 0 Å². The number of anilines is 1. The van der Waals surface area contributed by atoms with E-state index in [1.54, 1.807) is 23.6 Å². The molecule has 0 amide bonds. The number of benzene rings is 1. The fraction of sp³-hybridized carbons (Fsp3) is 0.486. The third-order valence-corrected chi connectivity index (χ3v) is 20.3. The molecular formula is C35H42N5O3PS2. The first-order chi connectivity index (χ1) is 21.5. The molecule has 242 valence electrons. The van der Waals surface area contributed by atoms with Crippen LogP contribution in [0.1, 0.15) is 88.3 Å². The lowest BCUT2D eigenvalue weighted by Gasteiger charge is -2.40. The maximum absolute atomic E-state index is 16.1. The Bertz CT molecular complexity index is 2050. The van der Waals surface area contributed by atoms with Crippen LogP contribution in [-0.4, -0.2) is 54.3 Å². The zero-order valence-corrected chi connectivity index (χ0v) is 30.4. The molecular weight excluding hydrogens is 634 g/mol. The van der Waals surface area contributed by atoms with E-state index >= 15 is 4.21 Å². The standard InChI is InChI=1S/C35H42N5O3PS2/c1-33(2,3)23-15-30(41)39(37-19-23)21-25-16-29-32(45-25)26-9-12-44(29)46(42,34(4,5)6)40-20-24(17-35(40,7)8)38-10-11-43-28-14-22(18-36)13-27(26)31(28)38/h9,12-16,19,24H,10-11,17,20-21H2,1-8H3/t24-,46?/m0/s1. The first kappa shape index (κ1) is 31.5. The van der Waals surface area contributed by atoms with Crippen LogP contribution in [0, 0.1) is 17.5 Å². The summed E-state index contributed by atoms with van der Waals surface area (Å²) in [5, 5.41) is 15.7. The van der Waals surface area contributed by atoms with Crippen molar-refractivity contribution in [2.24, 2.45) is 0 Å². The second-order valence-corrected chi connectivity index (χ2v) is 23.2. The van der Waals surface area contributed by atoms with Crippen molar-refractivity contribution in [3.8, 4) is 11.8 Å². The molecule has 1 aromatic carbocycles. The van der Waals surface area contributed by atoms with Crippen molar-refractivity contribution in [2.75, 3.05) is 24.6 Å². The van der Waals surface area contributed by atoms with Gasteiger partial charge < -0.3 is 9.64 Å². The molecule has 46 heavy (non-hydrogen) atoms. The van der Waals surface area contributed by atoms with E-state index in [1.165, 1.54) is 4.68 Å². The number of nitrogens with zero attached hydrogens (tertiary/aromatic N) is 5. The zero-order chi connectivity index (χ0) is 33.0. The minimum Gasteiger partial charge on any atom is -0.490 e. The Morgan fingerprint density at radius 3 is 2.67 bits per heavy atom. The highest BCUT2D eigenvalue weighted by Gasteiger charge is 2.53. The number of hydrogen-bond acceptors (Lipinski definition) is 6. The van der Waals surface area contributed by atoms with Gasteiger partial charge in [-0.05, 0) is 64.2 Å². The van der Waals surface area contributed by atoms with Crippen LogP contribution in [-0.2, 0) is 21.3 Å². The third-order valence-electron chi connectivity index (χ3n) is 9.63. The van der Waals surface area contributed by atoms with Crippen molar-refractivity contribution < 1.29 is 8.95 Å². The number of allylic oxidation sites excluding steroid dienone is 1. The summed E-state index contributed by atoms with van der Waals surface area (Å²) < 4.78 is 25.7. The van der Waals surface area contributed by atoms with Crippen LogP contribution in [0.15, 0.2) is 41.3 Å². The highest BCUT2D eigenvalue weighted by atomic mass is 32.5. The Balaban J connectivity index is 1.51. The largest absolute Gasteiger partial charge is 0.490 e. The lowest BCUT2D eigenvalue weighted by molar-refractivity contribution is 0.298. The number of ether oxygens (including phenoxy) is 1. The number of fused-ring (bicyclic) bond motifs is 1. The predicted octanol–water partition coefficient (Wildman–Crippen LogP) is 6.21. The van der Waals surface area contributed by atoms with Gasteiger partial charge in [0.25, 0.3) is 5.56 Å². The summed E-state index contributed by atoms with van der Waals surface area (Å²) in [6.45, 7) is 18.1. The fourth-order valence-electron chi connectivity index (χ4n) is 7.27. The fourth-order valence-corrected chi connectivity index (χ4v) is 18.3. The average molecular weight is 676 g/mol. The van der Waals surface area contributed by atoms with Crippen LogP contribution in [0.5, 0.6) is 5.75 Å². The van der Waals surface area contributed by atoms with Gasteiger partial charge in [0.15, 0.2) is 9.30 Å². The highest BCUT2D eigenvalue weighted by molar-refractivity contribution is 8.32. The van der Waals surface area contributed by atoms with Crippen molar-refractivity contribution in [3.05, 3.63) is 79.5 Å². The molecule has 8 nitrogen and oxygen atoms in total. The van der Waals surface area contributed by atoms with Crippen molar-refractivity contribution in [1.29, 1.82) is 5.26 Å². The van der Waals surface area contributed by atoms with E-state index in [9.17, 15) is 10.1 Å². The quantitative estimate of drug-likeness (QED) is 0.182. The van der Waals surface area contributed by atoms with E-state index in [-0.39, 0.29) is 22.6 Å². The summed E-state index contributed by atoms with van der Waals surface area (Å²) >= 11 is 1.64. The molecule has 0 spiro atoms. The molecule has 0 N–H and O–H groups in total. The van der Waals surface area contributed by atoms with Crippen molar-refractivity contribution in [2.45, 2.75) is 90.1 Å². The van der Waals surface area contributed by atoms with Crippen LogP contribution in [0.4, 0.5) is 5.69 Å². The number of hydrogen-bond donors (Lipinski definition) is 0. The number of aromatic nitrogens is 2. The molecule has 0 aliphatic carbocycles. The van der Waals surface area contributed by atoms with Gasteiger partial charge in [0.05, 0.1) is 69.6 Å². The Kier molecular flexibility index (Phi) is 7.16. The molecule has 3 unspecified atom stereocenters. The zero-order valence-electron chi connectivity index (χ0n) is 27.9. The van der Waals surface area contributed by atoms with Gasteiger partial charge in [-0.15, -0.1) is 0 Å². The molecule has 0 radical (unpaired) electrons. The molecule has 0 saturated carbocycles. The molecule has 3 aromatic rings. The molecule has 4 bridgehead atoms. The van der Waals surface area contributed by atoms with E-state index in [4.69, 9.17) is 4.74 Å². The maximum Gasteiger partial charge on any atom is 0.266 e. The molecule has 8 rings (SSSR count). The number of nitriles is 1. The molecule has 11 heteroatoms. The van der Waals surface area contributed by atoms with Gasteiger partial charge in [0.1, 0.15) is 17.2 Å². The van der Waals surface area contributed by atoms with E-state index < -0.39 is 20.7 Å². The Morgan fingerprint density at radius 2 is 2.00 bits per heavy atom. The van der Waals surface area contributed by atoms with E-state index in [1.807, 2.05) is 12.1 Å². The third kappa shape index (κ3) is 4.77. The summed E-state index contributed by atoms with van der Waals surface area (Å²) in [4.78, 5) is 17.7. The lowest BCUT2D eigenvalue weighted by Crippen LogP contribution is -2.50. The van der Waals surface area contributed by atoms with Gasteiger partial charge >= 0.3 is 0 Å². The topological polar surface area (TPSA) is 91.5 Å². The number of rotatable bonds is 2. The first-order valence-electron chi connectivity index (χ1n) is 15.9. The van der Waals surface area contributed by atoms with Gasteiger partial charge in [-0.2, -0.15) is 26.3 Å². The van der Waals surface area contributed by atoms with Crippen LogP contribution in [0.2, 0.25) is 0 Å². The highest BCUT2D eigenvalue weighted by Crippen LogP contribution is 2.56. The SMILES string of the molecule is CC(C)(C)c1cnn(C[c-]2cc3c([s+]2)C2=C[CH-][P+]3=S(=O)(C(C)(C)C)N3C[C@H](CC3(C)C)N3CCOc4cc(C#N)cc2c43)c(=O)c1. The smallest absolute Gasteiger partial charge is 0.266 e. The van der Waals surface area contributed by atoms with Crippen molar-refractivity contribution in [3.63, 3.8) is 0 Å². The van der Waals surface area contributed by atoms with E-state index in [2.05, 4.69) is 94.1 Å². The predicted molar refractivity (Wildman–Crippen MR) is 190 cm³/mol. The van der Waals surface area contributed by atoms with Gasteiger partial charge in [-0.1, -0.05) is 38.5 Å². The Labute approximate surface area is 277 Å². The van der Waals surface area contributed by atoms with Crippen LogP contribution >= 0.6 is 18.0 Å². The summed E-state index contributed by atoms with van der Waals surface area (Å²) in [7, 11) is -2.65. The Hall–Kier alpha value is -3.09. The first-order valence-corrected chi connectivity index (χ1v) is 20.2. The molecule has 4 atom stereocenters.